The summed E-state index contributed by atoms with van der Waals surface area (Å²) in [6.45, 7) is 4.46. The Morgan fingerprint density at radius 2 is 0.527 bits per heavy atom. The van der Waals surface area contributed by atoms with Gasteiger partial charge >= 0.3 is 12.4 Å². The summed E-state index contributed by atoms with van der Waals surface area (Å²) in [5.41, 5.74) is 19.6. The number of aromatic nitrogens is 1. The molecule has 1 heterocycles. The van der Waals surface area contributed by atoms with E-state index in [9.17, 15) is 26.3 Å². The van der Waals surface area contributed by atoms with Crippen LogP contribution in [0.15, 0.2) is 432 Å². The van der Waals surface area contributed by atoms with Gasteiger partial charge in [0, 0.05) is 81.1 Å². The maximum atomic E-state index is 13.3. The second-order valence-corrected chi connectivity index (χ2v) is 35.9. The van der Waals surface area contributed by atoms with Gasteiger partial charge in [-0.2, -0.15) is 26.3 Å². The van der Waals surface area contributed by atoms with Gasteiger partial charge in [-0.25, -0.2) is 0 Å². The SMILES string of the molecule is Brc1ccc2ccc3c(-c4ccc(N(c5ccccc5)c5ccc6c(c5)c5ccccc5n6-c5ccccc5)cc4)ccc4ccc1c2c43.Cc1cc(N(c2ccccc2)c2ccccc2)c(C)cc1-c1ccc2ccc3c(Br)ccc4ccc1c2c43.FC(F)(F)c1ccc(N(c2ccc(-c3ccc4ccc5c(Br)ccc6ccc3c4c65)cc2)c2ccc(C(F)(F)F)cc2)cc1. The van der Waals surface area contributed by atoms with Crippen molar-refractivity contribution in [3.8, 4) is 39.1 Å². The van der Waals surface area contributed by atoms with Crippen LogP contribution in [0.1, 0.15) is 22.3 Å². The largest absolute Gasteiger partial charge is 0.416 e. The standard InChI is InChI=1S/C46H29BrN2.C36H20BrF6N.C36H26BrN/c47-42-27-20-32-18-25-39-37(24-17-31-19-26-40(42)46(32)45(31)39)30-15-21-35(22-16-30)48(33-9-3-1-4-10-33)36-23-28-44-41(29-36)38-13-7-8-14-43(38)49(44)34-11-5-2-6-12-34;37-32-20-6-23-4-18-30-29(17-3-22-5-19-31(32)34(23)33(22)30)21-1-11-26(12-2-21)44(27-13-7-24(8-14-27)35(38,39)40)28-15-9-25(10-16-28)36(41,42)43;1-23-22-34(38(27-9-5-3-6-10-27)28-11-7-4-8-12-28)24(2)21-32(23)29-17-13-25-15-19-31-33(37)20-16-26-14-18-30(29)35(25)36(26)31/h1-29H;1-20H;3-22H,1-2H3. The fraction of sp³-hybridized carbons (Fsp3) is 0.0339. The quantitative estimate of drug-likeness (QED) is 0.0845. The lowest BCUT2D eigenvalue weighted by molar-refractivity contribution is -0.138. The summed E-state index contributed by atoms with van der Waals surface area (Å²) in [6.07, 6.45) is -9.04. The highest BCUT2D eigenvalue weighted by atomic mass is 79.9. The minimum absolute atomic E-state index is 0.374. The van der Waals surface area contributed by atoms with Gasteiger partial charge in [-0.3, -0.25) is 0 Å². The molecule has 0 saturated carbocycles. The second kappa shape index (κ2) is 33.2. The second-order valence-electron chi connectivity index (χ2n) is 33.3. The lowest BCUT2D eigenvalue weighted by Crippen LogP contribution is -2.12. The van der Waals surface area contributed by atoms with Crippen LogP contribution in [0.2, 0.25) is 0 Å². The van der Waals surface area contributed by atoms with Crippen molar-refractivity contribution >= 4 is 218 Å². The average molecular weight is 1900 g/mol. The van der Waals surface area contributed by atoms with Crippen molar-refractivity contribution in [2.24, 2.45) is 0 Å². The summed E-state index contributed by atoms with van der Waals surface area (Å²) in [5.74, 6) is 0. The third-order valence-corrected chi connectivity index (χ3v) is 27.7. The van der Waals surface area contributed by atoms with E-state index >= 15 is 0 Å². The molecule has 0 bridgehead atoms. The fourth-order valence-corrected chi connectivity index (χ4v) is 20.9. The normalized spacial score (nSPS) is 11.9. The van der Waals surface area contributed by atoms with Crippen molar-refractivity contribution in [2.45, 2.75) is 26.2 Å². The molecule has 24 rings (SSSR count). The van der Waals surface area contributed by atoms with Crippen molar-refractivity contribution < 1.29 is 26.3 Å². The molecule has 630 valence electrons. The fourth-order valence-electron chi connectivity index (χ4n) is 19.6. The Balaban J connectivity index is 0.000000116. The molecule has 0 aliphatic rings. The summed E-state index contributed by atoms with van der Waals surface area (Å²) in [6, 6.07) is 141. The molecule has 0 saturated heterocycles. The zero-order valence-corrected chi connectivity index (χ0v) is 75.3. The van der Waals surface area contributed by atoms with Gasteiger partial charge in [0.15, 0.2) is 0 Å². The molecular weight excluding hydrogens is 1830 g/mol. The Kier molecular flexibility index (Phi) is 20.8. The maximum Gasteiger partial charge on any atom is 0.416 e. The number of nitrogens with zero attached hydrogens (tertiary/aromatic N) is 4. The highest BCUT2D eigenvalue weighted by Crippen LogP contribution is 2.50. The average Bonchev–Trinajstić information content (AvgIpc) is 1.53. The van der Waals surface area contributed by atoms with Crippen LogP contribution in [-0.2, 0) is 12.4 Å². The van der Waals surface area contributed by atoms with Gasteiger partial charge in [-0.15, -0.1) is 0 Å². The van der Waals surface area contributed by atoms with Gasteiger partial charge in [-0.05, 0) is 331 Å². The smallest absolute Gasteiger partial charge is 0.311 e. The lowest BCUT2D eigenvalue weighted by atomic mass is 9.88. The first-order valence-electron chi connectivity index (χ1n) is 43.2. The van der Waals surface area contributed by atoms with E-state index in [0.717, 1.165) is 110 Å². The third-order valence-electron chi connectivity index (χ3n) is 25.7. The molecule has 23 aromatic carbocycles. The van der Waals surface area contributed by atoms with Crippen LogP contribution in [0.5, 0.6) is 0 Å². The predicted molar refractivity (Wildman–Crippen MR) is 548 cm³/mol. The molecule has 131 heavy (non-hydrogen) atoms. The van der Waals surface area contributed by atoms with E-state index in [1.54, 1.807) is 4.90 Å². The number of anilines is 9. The minimum Gasteiger partial charge on any atom is -0.311 e. The van der Waals surface area contributed by atoms with E-state index < -0.39 is 23.5 Å². The van der Waals surface area contributed by atoms with E-state index in [1.807, 2.05) is 30.3 Å². The summed E-state index contributed by atoms with van der Waals surface area (Å²) < 4.78 is 85.3. The summed E-state index contributed by atoms with van der Waals surface area (Å²) in [4.78, 5) is 6.35. The molecule has 1 aromatic heterocycles. The van der Waals surface area contributed by atoms with Gasteiger partial charge in [-0.1, -0.05) is 290 Å². The highest BCUT2D eigenvalue weighted by Gasteiger charge is 2.33. The first kappa shape index (κ1) is 82.1. The Bertz CT molecular complexity index is 8370. The van der Waals surface area contributed by atoms with E-state index in [1.165, 1.54) is 155 Å². The van der Waals surface area contributed by atoms with Crippen LogP contribution >= 0.6 is 47.8 Å². The number of benzene rings is 23. The first-order chi connectivity index (χ1) is 63.8. The number of fused-ring (bicyclic) bond motifs is 3. The third kappa shape index (κ3) is 14.7. The van der Waals surface area contributed by atoms with Crippen LogP contribution in [0.4, 0.5) is 77.5 Å². The predicted octanol–water partition coefficient (Wildman–Crippen LogP) is 37.2. The van der Waals surface area contributed by atoms with Gasteiger partial charge in [0.05, 0.1) is 22.2 Å². The number of hydrogen-bond acceptors (Lipinski definition) is 3. The molecule has 0 N–H and O–H groups in total. The number of halogens is 9. The molecule has 0 fully saturated rings. The molecule has 0 unspecified atom stereocenters. The number of hydrogen-bond donors (Lipinski definition) is 0. The zero-order valence-electron chi connectivity index (χ0n) is 70.5. The van der Waals surface area contributed by atoms with E-state index in [4.69, 9.17) is 0 Å². The molecule has 0 aliphatic carbocycles. The summed E-state index contributed by atoms with van der Waals surface area (Å²) in [7, 11) is 0. The van der Waals surface area contributed by atoms with Crippen molar-refractivity contribution in [1.82, 2.24) is 4.57 Å². The van der Waals surface area contributed by atoms with Crippen molar-refractivity contribution in [1.29, 1.82) is 0 Å². The van der Waals surface area contributed by atoms with Gasteiger partial charge in [0.1, 0.15) is 0 Å². The topological polar surface area (TPSA) is 14.7 Å². The number of rotatable bonds is 13. The van der Waals surface area contributed by atoms with Crippen molar-refractivity contribution in [3.05, 3.63) is 454 Å². The molecule has 0 radical (unpaired) electrons. The molecule has 13 heteroatoms. The van der Waals surface area contributed by atoms with E-state index in [2.05, 4.69) is 416 Å². The van der Waals surface area contributed by atoms with Crippen LogP contribution in [0.3, 0.4) is 0 Å². The monoisotopic (exact) mass is 1900 g/mol. The van der Waals surface area contributed by atoms with Gasteiger partial charge in [0.2, 0.25) is 0 Å². The van der Waals surface area contributed by atoms with E-state index in [-0.39, 0.29) is 0 Å². The molecule has 0 aliphatic heterocycles. The van der Waals surface area contributed by atoms with E-state index in [0.29, 0.717) is 17.1 Å². The van der Waals surface area contributed by atoms with Crippen molar-refractivity contribution in [3.63, 3.8) is 0 Å². The number of aryl methyl sites for hydroxylation is 2. The number of alkyl halides is 6. The Hall–Kier alpha value is -14.6. The maximum absolute atomic E-state index is 13.3. The van der Waals surface area contributed by atoms with Gasteiger partial charge in [0.25, 0.3) is 0 Å². The van der Waals surface area contributed by atoms with Crippen LogP contribution < -0.4 is 14.7 Å². The molecule has 0 atom stereocenters. The lowest BCUT2D eigenvalue weighted by Gasteiger charge is -2.28. The van der Waals surface area contributed by atoms with Crippen LogP contribution in [0.25, 0.3) is 158 Å². The van der Waals surface area contributed by atoms with Gasteiger partial charge < -0.3 is 19.3 Å². The zero-order chi connectivity index (χ0) is 89.1. The van der Waals surface area contributed by atoms with Crippen LogP contribution in [-0.4, -0.2) is 4.57 Å². The molecule has 0 amide bonds. The molecule has 24 aromatic rings. The summed E-state index contributed by atoms with van der Waals surface area (Å²) >= 11 is 11.3. The molecule has 4 nitrogen and oxygen atoms in total. The Morgan fingerprint density at radius 1 is 0.221 bits per heavy atom. The minimum atomic E-state index is -4.52. The van der Waals surface area contributed by atoms with Crippen LogP contribution in [0, 0.1) is 13.8 Å². The highest BCUT2D eigenvalue weighted by molar-refractivity contribution is 9.11. The Labute approximate surface area is 776 Å². The van der Waals surface area contributed by atoms with Crippen molar-refractivity contribution in [2.75, 3.05) is 14.7 Å². The first-order valence-corrected chi connectivity index (χ1v) is 45.6. The summed E-state index contributed by atoms with van der Waals surface area (Å²) in [5, 5.41) is 24.8. The number of para-hydroxylation sites is 5. The molecular formula is C118H75Br3F6N4. The molecule has 0 spiro atoms. The Morgan fingerprint density at radius 3 is 0.939 bits per heavy atom.